The lowest BCUT2D eigenvalue weighted by atomic mass is 9.89. The summed E-state index contributed by atoms with van der Waals surface area (Å²) in [4.78, 5) is 12.1. The van der Waals surface area contributed by atoms with E-state index in [1.807, 2.05) is 37.3 Å². The largest absolute Gasteiger partial charge is 0.507 e. The molecule has 0 aromatic heterocycles. The first kappa shape index (κ1) is 15.2. The zero-order chi connectivity index (χ0) is 16.6. The molecule has 0 fully saturated rings. The Bertz CT molecular complexity index is 739. The molecule has 0 spiro atoms. The molecule has 0 radical (unpaired) electrons. The fraction of sp³-hybridized carbons (Fsp3) is 0.278. The Kier molecular flexibility index (Phi) is 3.86. The van der Waals surface area contributed by atoms with Crippen LogP contribution in [0.25, 0.3) is 0 Å². The molecule has 1 N–H and O–H groups in total. The van der Waals surface area contributed by atoms with Gasteiger partial charge in [-0.05, 0) is 5.56 Å². The molecule has 0 amide bonds. The van der Waals surface area contributed by atoms with Crippen molar-refractivity contribution >= 4 is 5.97 Å². The van der Waals surface area contributed by atoms with Crippen LogP contribution in [0.15, 0.2) is 36.4 Å². The number of phenolic OH excluding ortho intramolecular Hbond substituents is 1. The molecule has 1 aliphatic heterocycles. The topological polar surface area (TPSA) is 65.0 Å². The number of methoxy groups -OCH3 is 2. The van der Waals surface area contributed by atoms with Crippen molar-refractivity contribution in [2.24, 2.45) is 0 Å². The van der Waals surface area contributed by atoms with Crippen molar-refractivity contribution in [2.75, 3.05) is 14.2 Å². The summed E-state index contributed by atoms with van der Waals surface area (Å²) in [6, 6.07) is 11.1. The minimum Gasteiger partial charge on any atom is -0.507 e. The zero-order valence-corrected chi connectivity index (χ0v) is 13.2. The summed E-state index contributed by atoms with van der Waals surface area (Å²) in [5.74, 6) is -0.0211. The van der Waals surface area contributed by atoms with Crippen LogP contribution in [0.1, 0.15) is 40.4 Å². The number of esters is 1. The van der Waals surface area contributed by atoms with Gasteiger partial charge in [-0.1, -0.05) is 37.3 Å². The molecule has 2 unspecified atom stereocenters. The van der Waals surface area contributed by atoms with Crippen molar-refractivity contribution in [3.8, 4) is 17.2 Å². The van der Waals surface area contributed by atoms with Gasteiger partial charge in [-0.3, -0.25) is 0 Å². The van der Waals surface area contributed by atoms with E-state index in [-0.39, 0.29) is 23.3 Å². The minimum absolute atomic E-state index is 0.134. The van der Waals surface area contributed by atoms with Gasteiger partial charge in [0, 0.05) is 17.5 Å². The third-order valence-electron chi connectivity index (χ3n) is 4.15. The second-order valence-corrected chi connectivity index (χ2v) is 5.45. The molecule has 2 aromatic rings. The number of rotatable bonds is 3. The summed E-state index contributed by atoms with van der Waals surface area (Å²) in [5, 5.41) is 10.2. The molecular weight excluding hydrogens is 296 g/mol. The Morgan fingerprint density at radius 1 is 1.22 bits per heavy atom. The first-order valence-electron chi connectivity index (χ1n) is 7.32. The number of phenols is 1. The van der Waals surface area contributed by atoms with Crippen molar-refractivity contribution in [1.82, 2.24) is 0 Å². The van der Waals surface area contributed by atoms with Gasteiger partial charge in [0.25, 0.3) is 0 Å². The Balaban J connectivity index is 2.16. The van der Waals surface area contributed by atoms with Gasteiger partial charge < -0.3 is 19.3 Å². The summed E-state index contributed by atoms with van der Waals surface area (Å²) in [6.45, 7) is 1.95. The van der Waals surface area contributed by atoms with Crippen molar-refractivity contribution in [3.63, 3.8) is 0 Å². The smallest absolute Gasteiger partial charge is 0.342 e. The van der Waals surface area contributed by atoms with Gasteiger partial charge in [0.15, 0.2) is 11.5 Å². The minimum atomic E-state index is -0.592. The number of carbonyl (C=O) groups is 1. The maximum atomic E-state index is 12.1. The number of ether oxygens (including phenoxy) is 3. The van der Waals surface area contributed by atoms with Crippen LogP contribution in [-0.2, 0) is 4.74 Å². The van der Waals surface area contributed by atoms with Crippen molar-refractivity contribution in [1.29, 1.82) is 0 Å². The quantitative estimate of drug-likeness (QED) is 0.879. The highest BCUT2D eigenvalue weighted by molar-refractivity contribution is 5.96. The summed E-state index contributed by atoms with van der Waals surface area (Å²) < 4.78 is 16.2. The average Bonchev–Trinajstić information content (AvgIpc) is 2.92. The molecule has 3 rings (SSSR count). The molecule has 0 aliphatic carbocycles. The molecule has 0 bridgehead atoms. The monoisotopic (exact) mass is 314 g/mol. The third kappa shape index (κ3) is 2.38. The van der Waals surface area contributed by atoms with Crippen LogP contribution in [-0.4, -0.2) is 25.3 Å². The van der Waals surface area contributed by atoms with Crippen molar-refractivity contribution < 1.29 is 24.1 Å². The number of hydrogen-bond donors (Lipinski definition) is 1. The number of carbonyl (C=O) groups excluding carboxylic acids is 1. The highest BCUT2D eigenvalue weighted by Gasteiger charge is 2.39. The molecule has 1 heterocycles. The lowest BCUT2D eigenvalue weighted by molar-refractivity contribution is 0.0595. The maximum absolute atomic E-state index is 12.1. The summed E-state index contributed by atoms with van der Waals surface area (Å²) in [5.41, 5.74) is 1.74. The zero-order valence-electron chi connectivity index (χ0n) is 13.2. The summed E-state index contributed by atoms with van der Waals surface area (Å²) in [7, 11) is 2.78. The molecule has 5 nitrogen and oxygen atoms in total. The third-order valence-corrected chi connectivity index (χ3v) is 4.15. The molecule has 0 saturated heterocycles. The lowest BCUT2D eigenvalue weighted by Crippen LogP contribution is -2.10. The number of fused-ring (bicyclic) bond motifs is 1. The van der Waals surface area contributed by atoms with Crippen LogP contribution in [0.3, 0.4) is 0 Å². The molecule has 5 heteroatoms. The Morgan fingerprint density at radius 2 is 1.91 bits per heavy atom. The second kappa shape index (κ2) is 5.83. The number of aromatic hydroxyl groups is 1. The fourth-order valence-corrected chi connectivity index (χ4v) is 3.05. The Labute approximate surface area is 134 Å². The predicted octanol–water partition coefficient (Wildman–Crippen LogP) is 3.42. The number of hydrogen-bond acceptors (Lipinski definition) is 5. The van der Waals surface area contributed by atoms with E-state index in [1.54, 1.807) is 0 Å². The number of benzene rings is 2. The van der Waals surface area contributed by atoms with E-state index in [9.17, 15) is 9.90 Å². The Morgan fingerprint density at radius 3 is 2.52 bits per heavy atom. The standard InChI is InChI=1S/C18H18O5/c1-10-14-15(18(20)22-3)12(19)9-13(21-2)17(14)23-16(10)11-7-5-4-6-8-11/h4-10,16,19H,1-3H3. The first-order chi connectivity index (χ1) is 11.1. The van der Waals surface area contributed by atoms with E-state index >= 15 is 0 Å². The second-order valence-electron chi connectivity index (χ2n) is 5.45. The van der Waals surface area contributed by atoms with Gasteiger partial charge in [-0.25, -0.2) is 4.79 Å². The van der Waals surface area contributed by atoms with Crippen LogP contribution in [0.5, 0.6) is 17.2 Å². The van der Waals surface area contributed by atoms with Crippen LogP contribution in [0.4, 0.5) is 0 Å². The summed E-state index contributed by atoms with van der Waals surface area (Å²) >= 11 is 0. The molecule has 120 valence electrons. The van der Waals surface area contributed by atoms with Crippen LogP contribution < -0.4 is 9.47 Å². The van der Waals surface area contributed by atoms with Gasteiger partial charge in [0.2, 0.25) is 0 Å². The van der Waals surface area contributed by atoms with Gasteiger partial charge in [-0.2, -0.15) is 0 Å². The van der Waals surface area contributed by atoms with Crippen molar-refractivity contribution in [2.45, 2.75) is 18.9 Å². The highest BCUT2D eigenvalue weighted by Crippen LogP contribution is 2.53. The van der Waals surface area contributed by atoms with Crippen LogP contribution >= 0.6 is 0 Å². The molecule has 2 aromatic carbocycles. The van der Waals surface area contributed by atoms with Crippen LogP contribution in [0, 0.1) is 0 Å². The van der Waals surface area contributed by atoms with E-state index < -0.39 is 5.97 Å². The van der Waals surface area contributed by atoms with Gasteiger partial charge in [0.1, 0.15) is 17.4 Å². The van der Waals surface area contributed by atoms with Gasteiger partial charge in [0.05, 0.1) is 14.2 Å². The van der Waals surface area contributed by atoms with Crippen LogP contribution in [0.2, 0.25) is 0 Å². The van der Waals surface area contributed by atoms with Crippen molar-refractivity contribution in [3.05, 3.63) is 53.1 Å². The van der Waals surface area contributed by atoms with E-state index in [4.69, 9.17) is 14.2 Å². The highest BCUT2D eigenvalue weighted by atomic mass is 16.5. The Hall–Kier alpha value is -2.69. The van der Waals surface area contributed by atoms with E-state index in [1.165, 1.54) is 20.3 Å². The normalized spacial score (nSPS) is 18.9. The van der Waals surface area contributed by atoms with E-state index in [0.29, 0.717) is 17.1 Å². The predicted molar refractivity (Wildman–Crippen MR) is 84.2 cm³/mol. The lowest BCUT2D eigenvalue weighted by Gasteiger charge is -2.16. The summed E-state index contributed by atoms with van der Waals surface area (Å²) in [6.07, 6.45) is -0.259. The molecular formula is C18H18O5. The van der Waals surface area contributed by atoms with E-state index in [2.05, 4.69) is 0 Å². The fourth-order valence-electron chi connectivity index (χ4n) is 3.05. The first-order valence-corrected chi connectivity index (χ1v) is 7.32. The maximum Gasteiger partial charge on any atom is 0.342 e. The molecule has 0 saturated carbocycles. The average molecular weight is 314 g/mol. The van der Waals surface area contributed by atoms with Gasteiger partial charge >= 0.3 is 5.97 Å². The SMILES string of the molecule is COC(=O)c1c(O)cc(OC)c2c1C(C)C(c1ccccc1)O2. The molecule has 23 heavy (non-hydrogen) atoms. The van der Waals surface area contributed by atoms with E-state index in [0.717, 1.165) is 5.56 Å². The molecule has 1 aliphatic rings. The molecule has 2 atom stereocenters. The van der Waals surface area contributed by atoms with Gasteiger partial charge in [-0.15, -0.1) is 0 Å².